The van der Waals surface area contributed by atoms with E-state index in [9.17, 15) is 13.6 Å². The van der Waals surface area contributed by atoms with Crippen LogP contribution >= 0.6 is 35.3 Å². The number of guanidine groups is 1. The van der Waals surface area contributed by atoms with Crippen LogP contribution in [0.25, 0.3) is 0 Å². The molecule has 0 amide bonds. The lowest BCUT2D eigenvalue weighted by Gasteiger charge is -2.19. The van der Waals surface area contributed by atoms with Crippen molar-refractivity contribution in [1.29, 1.82) is 0 Å². The van der Waals surface area contributed by atoms with Gasteiger partial charge in [0.1, 0.15) is 21.5 Å². The van der Waals surface area contributed by atoms with Crippen LogP contribution in [0.5, 0.6) is 0 Å². The van der Waals surface area contributed by atoms with E-state index in [4.69, 9.17) is 4.74 Å². The summed E-state index contributed by atoms with van der Waals surface area (Å²) in [5.41, 5.74) is 1.05. The molecule has 0 saturated carbocycles. The van der Waals surface area contributed by atoms with E-state index >= 15 is 0 Å². The predicted octanol–water partition coefficient (Wildman–Crippen LogP) is 4.55. The van der Waals surface area contributed by atoms with Gasteiger partial charge in [-0.1, -0.05) is 13.0 Å². The molecule has 0 bridgehead atoms. The number of carbonyl (C=O) groups excluding carboxylic acids is 1. The number of aromatic nitrogens is 1. The molecule has 1 aromatic carbocycles. The molecule has 2 N–H and O–H groups in total. The van der Waals surface area contributed by atoms with Crippen LogP contribution in [0.3, 0.4) is 0 Å². The van der Waals surface area contributed by atoms with E-state index in [1.807, 2.05) is 13.8 Å². The molecule has 0 saturated heterocycles. The minimum Gasteiger partial charge on any atom is -0.462 e. The first-order valence-corrected chi connectivity index (χ1v) is 10.1. The Bertz CT molecular complexity index is 892. The number of rotatable bonds is 7. The summed E-state index contributed by atoms with van der Waals surface area (Å²) in [6, 6.07) is 3.37. The largest absolute Gasteiger partial charge is 0.462 e. The second-order valence-corrected chi connectivity index (χ2v) is 7.60. The van der Waals surface area contributed by atoms with Crippen molar-refractivity contribution in [2.75, 3.05) is 20.2 Å². The average molecular weight is 552 g/mol. The maximum Gasteiger partial charge on any atom is 0.350 e. The van der Waals surface area contributed by atoms with Crippen LogP contribution in [0.2, 0.25) is 0 Å². The minimum atomic E-state index is -0.598. The maximum atomic E-state index is 13.9. The van der Waals surface area contributed by atoms with Gasteiger partial charge in [-0.25, -0.2) is 18.6 Å². The SMILES string of the molecule is CCOC(=O)c1sc(C(C)NC(=NC)NCC(C)c2ccc(F)cc2F)nc1C.I. The molecule has 1 heterocycles. The molecule has 0 aliphatic carbocycles. The highest BCUT2D eigenvalue weighted by Crippen LogP contribution is 2.24. The zero-order valence-electron chi connectivity index (χ0n) is 17.6. The number of carbonyl (C=O) groups is 1. The summed E-state index contributed by atoms with van der Waals surface area (Å²) >= 11 is 1.28. The molecular formula is C20H27F2IN4O2S. The fourth-order valence-electron chi connectivity index (χ4n) is 2.71. The minimum absolute atomic E-state index is 0. The summed E-state index contributed by atoms with van der Waals surface area (Å²) in [6.45, 7) is 7.99. The molecule has 166 valence electrons. The van der Waals surface area contributed by atoms with Gasteiger partial charge in [0.2, 0.25) is 0 Å². The number of aryl methyl sites for hydroxylation is 1. The number of esters is 1. The van der Waals surface area contributed by atoms with Crippen LogP contribution in [-0.2, 0) is 4.74 Å². The number of nitrogens with one attached hydrogen (secondary N) is 2. The number of halogens is 3. The third kappa shape index (κ3) is 6.86. The fraction of sp³-hybridized carbons (Fsp3) is 0.450. The second kappa shape index (κ2) is 12.1. The van der Waals surface area contributed by atoms with Gasteiger partial charge in [-0.15, -0.1) is 35.3 Å². The number of aliphatic imine (C=N–C) groups is 1. The molecule has 2 rings (SSSR count). The molecule has 0 radical (unpaired) electrons. The zero-order valence-corrected chi connectivity index (χ0v) is 20.7. The number of hydrogen-bond donors (Lipinski definition) is 2. The highest BCUT2D eigenvalue weighted by Gasteiger charge is 2.20. The number of thiazole rings is 1. The summed E-state index contributed by atoms with van der Waals surface area (Å²) in [7, 11) is 1.63. The van der Waals surface area contributed by atoms with Crippen molar-refractivity contribution in [1.82, 2.24) is 15.6 Å². The zero-order chi connectivity index (χ0) is 21.6. The van der Waals surface area contributed by atoms with Crippen LogP contribution in [0, 0.1) is 18.6 Å². The average Bonchev–Trinajstić information content (AvgIpc) is 3.06. The van der Waals surface area contributed by atoms with Crippen LogP contribution in [0.15, 0.2) is 23.2 Å². The molecular weight excluding hydrogens is 525 g/mol. The van der Waals surface area contributed by atoms with Crippen molar-refractivity contribution in [3.63, 3.8) is 0 Å². The Labute approximate surface area is 196 Å². The molecule has 0 fully saturated rings. The van der Waals surface area contributed by atoms with Gasteiger partial charge < -0.3 is 15.4 Å². The van der Waals surface area contributed by atoms with E-state index in [0.29, 0.717) is 35.2 Å². The van der Waals surface area contributed by atoms with Gasteiger partial charge in [0.25, 0.3) is 0 Å². The van der Waals surface area contributed by atoms with Crippen molar-refractivity contribution in [3.8, 4) is 0 Å². The monoisotopic (exact) mass is 552 g/mol. The summed E-state index contributed by atoms with van der Waals surface area (Å²) in [6.07, 6.45) is 0. The van der Waals surface area contributed by atoms with E-state index in [-0.39, 0.29) is 41.9 Å². The van der Waals surface area contributed by atoms with Gasteiger partial charge in [-0.3, -0.25) is 4.99 Å². The van der Waals surface area contributed by atoms with Crippen molar-refractivity contribution in [2.45, 2.75) is 39.7 Å². The highest BCUT2D eigenvalue weighted by atomic mass is 127. The topological polar surface area (TPSA) is 75.6 Å². The van der Waals surface area contributed by atoms with Crippen molar-refractivity contribution < 1.29 is 18.3 Å². The second-order valence-electron chi connectivity index (χ2n) is 6.57. The molecule has 2 atom stereocenters. The Morgan fingerprint density at radius 1 is 1.33 bits per heavy atom. The molecule has 10 heteroatoms. The normalized spacial score (nSPS) is 13.2. The van der Waals surface area contributed by atoms with E-state index in [0.717, 1.165) is 11.1 Å². The van der Waals surface area contributed by atoms with Crippen LogP contribution in [0.4, 0.5) is 8.78 Å². The number of ether oxygens (including phenoxy) is 1. The van der Waals surface area contributed by atoms with Crippen molar-refractivity contribution in [3.05, 3.63) is 51.0 Å². The van der Waals surface area contributed by atoms with Crippen molar-refractivity contribution in [2.24, 2.45) is 4.99 Å². The fourth-order valence-corrected chi connectivity index (χ4v) is 3.67. The van der Waals surface area contributed by atoms with Gasteiger partial charge in [0, 0.05) is 25.6 Å². The summed E-state index contributed by atoms with van der Waals surface area (Å²) in [5, 5.41) is 7.07. The Balaban J connectivity index is 0.00000450. The highest BCUT2D eigenvalue weighted by molar-refractivity contribution is 14.0. The van der Waals surface area contributed by atoms with Crippen LogP contribution in [0.1, 0.15) is 58.7 Å². The van der Waals surface area contributed by atoms with Gasteiger partial charge >= 0.3 is 5.97 Å². The van der Waals surface area contributed by atoms with Gasteiger partial charge in [-0.05, 0) is 32.4 Å². The first-order chi connectivity index (χ1) is 13.8. The molecule has 2 aromatic rings. The quantitative estimate of drug-likeness (QED) is 0.228. The van der Waals surface area contributed by atoms with E-state index in [2.05, 4.69) is 20.6 Å². The third-order valence-corrected chi connectivity index (χ3v) is 5.61. The first kappa shape index (κ1) is 26.2. The Morgan fingerprint density at radius 3 is 2.63 bits per heavy atom. The maximum absolute atomic E-state index is 13.9. The lowest BCUT2D eigenvalue weighted by atomic mass is 10.0. The molecule has 1 aromatic heterocycles. The van der Waals surface area contributed by atoms with Gasteiger partial charge in [0.05, 0.1) is 18.3 Å². The summed E-state index contributed by atoms with van der Waals surface area (Å²) < 4.78 is 32.1. The van der Waals surface area contributed by atoms with Crippen molar-refractivity contribution >= 4 is 47.2 Å². The number of hydrogen-bond acceptors (Lipinski definition) is 5. The smallest absolute Gasteiger partial charge is 0.350 e. The van der Waals surface area contributed by atoms with E-state index in [1.54, 1.807) is 20.9 Å². The molecule has 0 spiro atoms. The number of nitrogens with zero attached hydrogens (tertiary/aromatic N) is 2. The summed E-state index contributed by atoms with van der Waals surface area (Å²) in [4.78, 5) is 21.1. The molecule has 30 heavy (non-hydrogen) atoms. The van der Waals surface area contributed by atoms with Gasteiger partial charge in [0.15, 0.2) is 5.96 Å². The lowest BCUT2D eigenvalue weighted by Crippen LogP contribution is -2.40. The van der Waals surface area contributed by atoms with E-state index in [1.165, 1.54) is 23.5 Å². The molecule has 0 aliphatic rings. The van der Waals surface area contributed by atoms with E-state index < -0.39 is 11.6 Å². The molecule has 2 unspecified atom stereocenters. The third-order valence-electron chi connectivity index (χ3n) is 4.29. The first-order valence-electron chi connectivity index (χ1n) is 9.33. The van der Waals surface area contributed by atoms with Crippen LogP contribution < -0.4 is 10.6 Å². The summed E-state index contributed by atoms with van der Waals surface area (Å²) in [5.74, 6) is -1.22. The predicted molar refractivity (Wildman–Crippen MR) is 126 cm³/mol. The van der Waals surface area contributed by atoms with Gasteiger partial charge in [-0.2, -0.15) is 0 Å². The van der Waals surface area contributed by atoms with Crippen LogP contribution in [-0.4, -0.2) is 37.1 Å². The molecule has 0 aliphatic heterocycles. The Hall–Kier alpha value is -1.82. The molecule has 6 nitrogen and oxygen atoms in total. The number of benzene rings is 1. The Kier molecular flexibility index (Phi) is 10.6. The Morgan fingerprint density at radius 2 is 2.03 bits per heavy atom. The lowest BCUT2D eigenvalue weighted by molar-refractivity contribution is 0.0531. The standard InChI is InChI=1S/C20H26F2N4O2S.HI/c1-6-28-19(27)17-12(3)25-18(29-17)13(4)26-20(23-5)24-10-11(2)15-8-7-14(21)9-16(15)22;/h7-9,11,13H,6,10H2,1-5H3,(H2,23,24,26);1H.